The van der Waals surface area contributed by atoms with Crippen LogP contribution in [-0.4, -0.2) is 144 Å². The average Bonchev–Trinajstić information content (AvgIpc) is 3.43. The zero-order valence-electron chi connectivity index (χ0n) is 34.9. The van der Waals surface area contributed by atoms with Crippen LogP contribution in [0.4, 0.5) is 19.2 Å². The van der Waals surface area contributed by atoms with Crippen LogP contribution in [0, 0.1) is 0 Å². The molecule has 7 amide bonds. The van der Waals surface area contributed by atoms with Crippen LogP contribution in [0.2, 0.25) is 0 Å². The van der Waals surface area contributed by atoms with E-state index < -0.39 is 34.8 Å². The first kappa shape index (κ1) is 50.9. The maximum absolute atomic E-state index is 14.4. The van der Waals surface area contributed by atoms with Gasteiger partial charge in [-0.2, -0.15) is 50.1 Å². The van der Waals surface area contributed by atoms with Gasteiger partial charge in [0.15, 0.2) is 0 Å². The summed E-state index contributed by atoms with van der Waals surface area (Å²) >= 11 is 5.51. The van der Waals surface area contributed by atoms with Gasteiger partial charge >= 0.3 is 24.2 Å². The van der Waals surface area contributed by atoms with Crippen molar-refractivity contribution in [3.05, 3.63) is 0 Å². The van der Waals surface area contributed by atoms with E-state index in [0.29, 0.717) is 58.6 Å². The van der Waals surface area contributed by atoms with Gasteiger partial charge in [0.25, 0.3) is 0 Å². The molecule has 1 spiro atoms. The molecule has 57 heavy (non-hydrogen) atoms. The normalized spacial score (nSPS) is 18.9. The van der Waals surface area contributed by atoms with E-state index >= 15 is 0 Å². The Morgan fingerprint density at radius 1 is 0.719 bits per heavy atom. The van der Waals surface area contributed by atoms with Crippen molar-refractivity contribution in [2.75, 3.05) is 87.1 Å². The summed E-state index contributed by atoms with van der Waals surface area (Å²) in [5.74, 6) is 6.14. The summed E-state index contributed by atoms with van der Waals surface area (Å²) in [4.78, 5) is 86.8. The lowest BCUT2D eigenvalue weighted by molar-refractivity contribution is -0.803. The molecule has 0 aliphatic carbocycles. The largest absolute Gasteiger partial charge is 0.450 e. The number of unbranched alkanes of at least 4 members (excludes halogenated alkanes) is 6. The maximum Gasteiger partial charge on any atom is 0.438 e. The van der Waals surface area contributed by atoms with E-state index in [1.165, 1.54) is 22.6 Å². The third-order valence-corrected chi connectivity index (χ3v) is 12.4. The van der Waals surface area contributed by atoms with Gasteiger partial charge in [-0.05, 0) is 98.7 Å². The summed E-state index contributed by atoms with van der Waals surface area (Å²) in [5, 5.41) is 2.79. The van der Waals surface area contributed by atoms with Gasteiger partial charge in [-0.25, -0.2) is 29.0 Å². The van der Waals surface area contributed by atoms with E-state index in [2.05, 4.69) is 36.1 Å². The standard InChI is InChI=1S/C39H70N6O9S3/c1-4-55-30-18-27-50-36(46)41-23-14-8-10-16-25-44-37(47)43(24-15-9-7-13-22-40-33-53-51-28-19-31-56-5-2)38(48)45(39(44)49)26-17-11-12-21-35(45)42-34-54-52-29-20-32-57-6-3/h33-35H,4-32H2,1-3H3/p+1/b40-33?,42-34-. The molecule has 0 aromatic carbocycles. The quantitative estimate of drug-likeness (QED) is 0.0164. The SMILES string of the molecule is CCSCCCOOC=NCCCCCCN1C(=O)N(CCCCCCNC(=O)OCCCSCC)C(=O)[N+]2(CCCCCC2/N=C\OOCCCSCC)C1=O. The second-order valence-electron chi connectivity index (χ2n) is 13.7. The van der Waals surface area contributed by atoms with Gasteiger partial charge in [-0.15, -0.1) is 4.48 Å². The van der Waals surface area contributed by atoms with Crippen LogP contribution in [0.15, 0.2) is 9.98 Å². The van der Waals surface area contributed by atoms with E-state index in [0.717, 1.165) is 105 Å². The summed E-state index contributed by atoms with van der Waals surface area (Å²) in [6.07, 6.45) is 12.7. The third kappa shape index (κ3) is 20.5. The highest BCUT2D eigenvalue weighted by atomic mass is 32.2. The Hall–Kier alpha value is -2.25. The summed E-state index contributed by atoms with van der Waals surface area (Å²) in [7, 11) is 0. The molecule has 2 rings (SSSR count). The molecule has 2 atom stereocenters. The van der Waals surface area contributed by atoms with Crippen molar-refractivity contribution in [3.8, 4) is 0 Å². The fourth-order valence-corrected chi connectivity index (χ4v) is 8.26. The minimum absolute atomic E-state index is 0.194. The monoisotopic (exact) mass is 863 g/mol. The van der Waals surface area contributed by atoms with Gasteiger partial charge in [-0.1, -0.05) is 46.5 Å². The van der Waals surface area contributed by atoms with Gasteiger partial charge in [-0.3, -0.25) is 4.99 Å². The number of hydrogen-bond acceptors (Lipinski definition) is 14. The van der Waals surface area contributed by atoms with Crippen LogP contribution in [0.25, 0.3) is 0 Å². The molecule has 2 heterocycles. The van der Waals surface area contributed by atoms with Crippen molar-refractivity contribution >= 4 is 72.3 Å². The first-order valence-electron chi connectivity index (χ1n) is 21.2. The molecular weight excluding hydrogens is 793 g/mol. The van der Waals surface area contributed by atoms with Crippen LogP contribution in [0.1, 0.15) is 117 Å². The molecule has 1 N–H and O–H groups in total. The second-order valence-corrected chi connectivity index (χ2v) is 17.9. The molecule has 0 aromatic heterocycles. The minimum Gasteiger partial charge on any atom is -0.450 e. The number of ether oxygens (including phenoxy) is 1. The van der Waals surface area contributed by atoms with E-state index in [-0.39, 0.29) is 19.6 Å². The second kappa shape index (κ2) is 33.6. The van der Waals surface area contributed by atoms with Crippen LogP contribution in [0.3, 0.4) is 0 Å². The Bertz CT molecular complexity index is 1170. The number of carbonyl (C=O) groups is 4. The van der Waals surface area contributed by atoms with Crippen LogP contribution >= 0.6 is 35.3 Å². The summed E-state index contributed by atoms with van der Waals surface area (Å²) in [6, 6.07) is -1.60. The lowest BCUT2D eigenvalue weighted by Gasteiger charge is -2.45. The number of rotatable bonds is 34. The zero-order chi connectivity index (χ0) is 41.2. The van der Waals surface area contributed by atoms with E-state index in [9.17, 15) is 19.2 Å². The molecule has 0 radical (unpaired) electrons. The van der Waals surface area contributed by atoms with Crippen molar-refractivity contribution in [2.24, 2.45) is 9.98 Å². The third-order valence-electron chi connectivity index (χ3n) is 9.43. The van der Waals surface area contributed by atoms with E-state index in [1.807, 2.05) is 35.3 Å². The molecule has 2 saturated heterocycles. The number of alkyl carbamates (subject to hydrolysis) is 1. The molecule has 0 aromatic rings. The number of thioether (sulfide) groups is 3. The highest BCUT2D eigenvalue weighted by Gasteiger charge is 2.62. The molecule has 15 nitrogen and oxygen atoms in total. The predicted molar refractivity (Wildman–Crippen MR) is 232 cm³/mol. The molecule has 2 fully saturated rings. The summed E-state index contributed by atoms with van der Waals surface area (Å²) in [6.45, 7) is 9.42. The van der Waals surface area contributed by atoms with Crippen LogP contribution in [-0.2, 0) is 24.3 Å². The number of carbonyl (C=O) groups excluding carboxylic acids is 4. The molecular formula is C39H71N6O9S3+. The van der Waals surface area contributed by atoms with E-state index in [4.69, 9.17) is 24.3 Å². The lowest BCUT2D eigenvalue weighted by Crippen LogP contribution is -2.76. The van der Waals surface area contributed by atoms with Crippen LogP contribution < -0.4 is 5.32 Å². The molecule has 2 aliphatic rings. The smallest absolute Gasteiger partial charge is 0.438 e. The van der Waals surface area contributed by atoms with Gasteiger partial charge in [0.05, 0.1) is 26.4 Å². The summed E-state index contributed by atoms with van der Waals surface area (Å²) in [5.41, 5.74) is 0. The molecule has 2 unspecified atom stereocenters. The van der Waals surface area contributed by atoms with Crippen molar-refractivity contribution in [1.29, 1.82) is 0 Å². The number of aliphatic imine (C=N–C) groups is 2. The van der Waals surface area contributed by atoms with Gasteiger partial charge < -0.3 is 19.8 Å². The number of quaternary nitrogens is 1. The Balaban J connectivity index is 1.98. The van der Waals surface area contributed by atoms with E-state index in [1.54, 1.807) is 0 Å². The minimum atomic E-state index is -0.736. The number of urea groups is 3. The number of hydrogen-bond donors (Lipinski definition) is 1. The highest BCUT2D eigenvalue weighted by Crippen LogP contribution is 2.34. The number of nitrogens with one attached hydrogen (secondary N) is 1. The fraction of sp³-hybridized carbons (Fsp3) is 0.846. The van der Waals surface area contributed by atoms with Gasteiger partial charge in [0.2, 0.25) is 19.0 Å². The Morgan fingerprint density at radius 2 is 1.28 bits per heavy atom. The molecule has 0 saturated carbocycles. The maximum atomic E-state index is 14.4. The van der Waals surface area contributed by atoms with Crippen LogP contribution in [0.5, 0.6) is 0 Å². The van der Waals surface area contributed by atoms with Gasteiger partial charge in [0, 0.05) is 32.6 Å². The Morgan fingerprint density at radius 3 is 1.89 bits per heavy atom. The van der Waals surface area contributed by atoms with Crippen molar-refractivity contribution < 1.29 is 47.9 Å². The van der Waals surface area contributed by atoms with Crippen molar-refractivity contribution in [2.45, 2.75) is 123 Å². The zero-order valence-corrected chi connectivity index (χ0v) is 37.3. The Kier molecular flexibility index (Phi) is 30.0. The molecule has 2 aliphatic heterocycles. The predicted octanol–water partition coefficient (Wildman–Crippen LogP) is 8.91. The number of amides is 7. The Labute approximate surface area is 354 Å². The topological polar surface area (TPSA) is 158 Å². The average molecular weight is 864 g/mol. The molecule has 0 bridgehead atoms. The summed E-state index contributed by atoms with van der Waals surface area (Å²) < 4.78 is 4.67. The van der Waals surface area contributed by atoms with Crippen molar-refractivity contribution in [3.63, 3.8) is 0 Å². The highest BCUT2D eigenvalue weighted by molar-refractivity contribution is 7.99. The lowest BCUT2D eigenvalue weighted by atomic mass is 10.1. The fourth-order valence-electron chi connectivity index (χ4n) is 6.42. The van der Waals surface area contributed by atoms with Gasteiger partial charge in [0.1, 0.15) is 0 Å². The first-order chi connectivity index (χ1) is 27.9. The first-order valence-corrected chi connectivity index (χ1v) is 24.7. The number of nitrogens with zero attached hydrogens (tertiary/aromatic N) is 5. The number of imide groups is 3. The molecule has 328 valence electrons. The van der Waals surface area contributed by atoms with Crippen molar-refractivity contribution in [1.82, 2.24) is 15.1 Å². The molecule has 18 heteroatoms.